The van der Waals surface area contributed by atoms with Crippen LogP contribution in [0.4, 0.5) is 0 Å². The number of aromatic nitrogens is 2. The van der Waals surface area contributed by atoms with Crippen molar-refractivity contribution in [2.75, 3.05) is 13.0 Å². The summed E-state index contributed by atoms with van der Waals surface area (Å²) in [5, 5.41) is 0. The summed E-state index contributed by atoms with van der Waals surface area (Å²) in [4.78, 5) is 16.3. The van der Waals surface area contributed by atoms with Crippen LogP contribution in [0.5, 0.6) is 0 Å². The Hall–Kier alpha value is -1.55. The number of imidazole rings is 1. The lowest BCUT2D eigenvalue weighted by Crippen LogP contribution is -2.20. The van der Waals surface area contributed by atoms with Gasteiger partial charge in [-0.3, -0.25) is 0 Å². The van der Waals surface area contributed by atoms with Crippen LogP contribution in [0, 0.1) is 6.92 Å². The fraction of sp³-hybridized carbons (Fsp3) is 0.429. The van der Waals surface area contributed by atoms with Gasteiger partial charge in [-0.1, -0.05) is 6.07 Å². The number of hydrogen-bond donors (Lipinski definition) is 0. The van der Waals surface area contributed by atoms with E-state index in [2.05, 4.69) is 4.98 Å². The maximum atomic E-state index is 11.8. The number of aryl methyl sites for hydroxylation is 2. The van der Waals surface area contributed by atoms with Gasteiger partial charge < -0.3 is 9.30 Å². The van der Waals surface area contributed by atoms with Crippen LogP contribution in [0.15, 0.2) is 18.2 Å². The van der Waals surface area contributed by atoms with Crippen molar-refractivity contribution >= 4 is 28.6 Å². The van der Waals surface area contributed by atoms with Gasteiger partial charge in [0.25, 0.3) is 0 Å². The van der Waals surface area contributed by atoms with Gasteiger partial charge in [-0.15, -0.1) is 11.6 Å². The lowest BCUT2D eigenvalue weighted by molar-refractivity contribution is -0.143. The van der Waals surface area contributed by atoms with Gasteiger partial charge in [0.2, 0.25) is 0 Å². The van der Waals surface area contributed by atoms with Gasteiger partial charge in [0.15, 0.2) is 0 Å². The molecule has 2 rings (SSSR count). The maximum Gasteiger partial charge on any atom is 0.328 e. The molecule has 2 aromatic rings. The molecule has 19 heavy (non-hydrogen) atoms. The average molecular weight is 281 g/mol. The van der Waals surface area contributed by atoms with Gasteiger partial charge in [0.1, 0.15) is 11.9 Å². The molecule has 5 heteroatoms. The maximum absolute atomic E-state index is 11.8. The Morgan fingerprint density at radius 3 is 2.89 bits per heavy atom. The van der Waals surface area contributed by atoms with Crippen LogP contribution in [-0.2, 0) is 16.0 Å². The Morgan fingerprint density at radius 2 is 2.26 bits per heavy atom. The first-order valence-electron chi connectivity index (χ1n) is 6.19. The van der Waals surface area contributed by atoms with Gasteiger partial charge in [-0.05, 0) is 31.5 Å². The number of esters is 1. The molecule has 0 spiro atoms. The van der Waals surface area contributed by atoms with E-state index in [0.29, 0.717) is 12.3 Å². The summed E-state index contributed by atoms with van der Waals surface area (Å²) in [6, 6.07) is 5.59. The molecule has 4 nitrogen and oxygen atoms in total. The number of halogens is 1. The molecule has 0 aliphatic carbocycles. The Bertz CT molecular complexity index is 607. The van der Waals surface area contributed by atoms with Crippen molar-refractivity contribution in [1.82, 2.24) is 9.55 Å². The Kier molecular flexibility index (Phi) is 4.10. The zero-order chi connectivity index (χ0) is 14.0. The predicted molar refractivity (Wildman–Crippen MR) is 75.6 cm³/mol. The van der Waals surface area contributed by atoms with E-state index >= 15 is 0 Å². The van der Waals surface area contributed by atoms with Crippen LogP contribution < -0.4 is 0 Å². The predicted octanol–water partition coefficient (Wildman–Crippen LogP) is 2.86. The second kappa shape index (κ2) is 5.61. The zero-order valence-corrected chi connectivity index (χ0v) is 12.1. The zero-order valence-electron chi connectivity index (χ0n) is 11.3. The summed E-state index contributed by atoms with van der Waals surface area (Å²) in [5.74, 6) is 1.00. The largest absolute Gasteiger partial charge is 0.467 e. The van der Waals surface area contributed by atoms with Gasteiger partial charge in [-0.25, -0.2) is 9.78 Å². The van der Waals surface area contributed by atoms with Crippen molar-refractivity contribution in [3.05, 3.63) is 29.6 Å². The van der Waals surface area contributed by atoms with Crippen LogP contribution >= 0.6 is 11.6 Å². The van der Waals surface area contributed by atoms with Gasteiger partial charge in [0, 0.05) is 12.3 Å². The first-order valence-corrected chi connectivity index (χ1v) is 6.73. The summed E-state index contributed by atoms with van der Waals surface area (Å²) >= 11 is 5.82. The highest BCUT2D eigenvalue weighted by molar-refractivity contribution is 6.17. The fourth-order valence-corrected chi connectivity index (χ4v) is 2.39. The van der Waals surface area contributed by atoms with E-state index < -0.39 is 6.04 Å². The Morgan fingerprint density at radius 1 is 1.53 bits per heavy atom. The van der Waals surface area contributed by atoms with E-state index in [4.69, 9.17) is 16.3 Å². The minimum atomic E-state index is -0.407. The number of fused-ring (bicyclic) bond motifs is 1. The van der Waals surface area contributed by atoms with Crippen molar-refractivity contribution < 1.29 is 9.53 Å². The highest BCUT2D eigenvalue weighted by Crippen LogP contribution is 2.23. The van der Waals surface area contributed by atoms with E-state index in [1.807, 2.05) is 36.6 Å². The molecule has 1 unspecified atom stereocenters. The molecule has 0 bridgehead atoms. The minimum absolute atomic E-state index is 0.281. The van der Waals surface area contributed by atoms with Crippen LogP contribution in [0.3, 0.4) is 0 Å². The Labute approximate surface area is 117 Å². The number of methoxy groups -OCH3 is 1. The van der Waals surface area contributed by atoms with Gasteiger partial charge in [0.05, 0.1) is 18.1 Å². The average Bonchev–Trinajstić information content (AvgIpc) is 2.74. The first-order chi connectivity index (χ1) is 9.08. The fourth-order valence-electron chi connectivity index (χ4n) is 2.22. The van der Waals surface area contributed by atoms with E-state index in [-0.39, 0.29) is 5.97 Å². The van der Waals surface area contributed by atoms with Crippen molar-refractivity contribution in [2.45, 2.75) is 26.3 Å². The highest BCUT2D eigenvalue weighted by Gasteiger charge is 2.21. The molecule has 0 radical (unpaired) electrons. The van der Waals surface area contributed by atoms with Gasteiger partial charge >= 0.3 is 5.97 Å². The summed E-state index contributed by atoms with van der Waals surface area (Å²) in [6.45, 7) is 3.83. The third-order valence-electron chi connectivity index (χ3n) is 3.17. The molecule has 0 aliphatic heterocycles. The van der Waals surface area contributed by atoms with Gasteiger partial charge in [-0.2, -0.15) is 0 Å². The molecular formula is C14H17ClN2O2. The number of rotatable bonds is 4. The number of alkyl halides is 1. The molecule has 1 aromatic carbocycles. The molecule has 1 atom stereocenters. The number of carbonyl (C=O) groups excluding carboxylic acids is 1. The molecule has 0 amide bonds. The molecule has 0 saturated carbocycles. The van der Waals surface area contributed by atoms with E-state index in [1.54, 1.807) is 0 Å². The lowest BCUT2D eigenvalue weighted by Gasteiger charge is -2.15. The second-order valence-electron chi connectivity index (χ2n) is 4.53. The van der Waals surface area contributed by atoms with Crippen LogP contribution in [0.1, 0.15) is 24.4 Å². The molecule has 1 aromatic heterocycles. The SMILES string of the molecule is COC(=O)C(C)n1c(CCCl)nc2ccc(C)cc21. The second-order valence-corrected chi connectivity index (χ2v) is 4.91. The van der Waals surface area contributed by atoms with E-state index in [0.717, 1.165) is 22.4 Å². The molecule has 102 valence electrons. The summed E-state index contributed by atoms with van der Waals surface area (Å²) < 4.78 is 6.74. The Balaban J connectivity index is 2.62. The van der Waals surface area contributed by atoms with Crippen LogP contribution in [0.2, 0.25) is 0 Å². The van der Waals surface area contributed by atoms with E-state index in [9.17, 15) is 4.79 Å². The third-order valence-corrected chi connectivity index (χ3v) is 3.35. The van der Waals surface area contributed by atoms with E-state index in [1.165, 1.54) is 7.11 Å². The molecule has 1 heterocycles. The molecule has 0 saturated heterocycles. The molecular weight excluding hydrogens is 264 g/mol. The van der Waals surface area contributed by atoms with Crippen molar-refractivity contribution in [3.63, 3.8) is 0 Å². The highest BCUT2D eigenvalue weighted by atomic mass is 35.5. The number of ether oxygens (including phenoxy) is 1. The molecule has 0 N–H and O–H groups in total. The van der Waals surface area contributed by atoms with Crippen LogP contribution in [0.25, 0.3) is 11.0 Å². The third kappa shape index (κ3) is 2.59. The number of carbonyl (C=O) groups is 1. The topological polar surface area (TPSA) is 44.1 Å². The normalized spacial score (nSPS) is 12.6. The number of nitrogens with zero attached hydrogens (tertiary/aromatic N) is 2. The lowest BCUT2D eigenvalue weighted by atomic mass is 10.2. The standard InChI is InChI=1S/C14H17ClN2O2/c1-9-4-5-11-12(8-9)17(10(2)14(18)19-3)13(16-11)6-7-15/h4-5,8,10H,6-7H2,1-3H3. The van der Waals surface area contributed by atoms with Crippen molar-refractivity contribution in [1.29, 1.82) is 0 Å². The van der Waals surface area contributed by atoms with Crippen molar-refractivity contribution in [2.24, 2.45) is 0 Å². The number of benzene rings is 1. The summed E-state index contributed by atoms with van der Waals surface area (Å²) in [6.07, 6.45) is 0.622. The number of hydrogen-bond acceptors (Lipinski definition) is 3. The smallest absolute Gasteiger partial charge is 0.328 e. The first kappa shape index (κ1) is 13.9. The molecule has 0 fully saturated rings. The van der Waals surface area contributed by atoms with Crippen molar-refractivity contribution in [3.8, 4) is 0 Å². The monoisotopic (exact) mass is 280 g/mol. The van der Waals surface area contributed by atoms with Crippen LogP contribution in [-0.4, -0.2) is 28.5 Å². The summed E-state index contributed by atoms with van der Waals surface area (Å²) in [5.41, 5.74) is 2.95. The molecule has 0 aliphatic rings. The summed E-state index contributed by atoms with van der Waals surface area (Å²) in [7, 11) is 1.39. The minimum Gasteiger partial charge on any atom is -0.467 e. The quantitative estimate of drug-likeness (QED) is 0.639.